The van der Waals surface area contributed by atoms with E-state index in [1.54, 1.807) is 0 Å². The van der Waals surface area contributed by atoms with Crippen molar-refractivity contribution >= 4 is 5.84 Å². The summed E-state index contributed by atoms with van der Waals surface area (Å²) in [6, 6.07) is 0. The van der Waals surface area contributed by atoms with Gasteiger partial charge in [-0.15, -0.1) is 4.91 Å². The van der Waals surface area contributed by atoms with Gasteiger partial charge >= 0.3 is 0 Å². The standard InChI is InChI=1S/C12H20N4O/c1-3-4-5-6-14-12-10(11(13)16-17)7-9(2)8-15-12/h7-8,12-15H,3-6H2,1-2H3. The van der Waals surface area contributed by atoms with Gasteiger partial charge in [-0.25, -0.2) is 0 Å². The lowest BCUT2D eigenvalue weighted by molar-refractivity contribution is 0.512. The molecule has 0 aromatic rings. The third kappa shape index (κ3) is 4.11. The average Bonchev–Trinajstić information content (AvgIpc) is 2.35. The van der Waals surface area contributed by atoms with Gasteiger partial charge < -0.3 is 5.32 Å². The van der Waals surface area contributed by atoms with E-state index in [-0.39, 0.29) is 12.0 Å². The minimum absolute atomic E-state index is 0.180. The second-order valence-electron chi connectivity index (χ2n) is 4.19. The topological polar surface area (TPSA) is 77.3 Å². The van der Waals surface area contributed by atoms with Gasteiger partial charge in [-0.05, 0) is 36.7 Å². The first-order chi connectivity index (χ1) is 8.19. The number of nitroso groups, excluding NO2 is 1. The summed E-state index contributed by atoms with van der Waals surface area (Å²) in [4.78, 5) is 10.4. The molecule has 0 aromatic carbocycles. The smallest absolute Gasteiger partial charge is 0.195 e. The molecule has 1 unspecified atom stereocenters. The number of rotatable bonds is 6. The summed E-state index contributed by atoms with van der Waals surface area (Å²) in [6.07, 6.45) is 6.95. The predicted molar refractivity (Wildman–Crippen MR) is 69.8 cm³/mol. The molecule has 0 spiro atoms. The number of nitrogens with zero attached hydrogens (tertiary/aromatic N) is 1. The van der Waals surface area contributed by atoms with Gasteiger partial charge in [-0.3, -0.25) is 10.7 Å². The molecule has 0 bridgehead atoms. The summed E-state index contributed by atoms with van der Waals surface area (Å²) in [5, 5.41) is 16.6. The predicted octanol–water partition coefficient (Wildman–Crippen LogP) is 2.27. The molecule has 1 aliphatic rings. The molecule has 1 atom stereocenters. The third-order valence-electron chi connectivity index (χ3n) is 2.67. The largest absolute Gasteiger partial charge is 0.372 e. The van der Waals surface area contributed by atoms with Gasteiger partial charge in [0.25, 0.3) is 0 Å². The Kier molecular flexibility index (Phi) is 5.56. The number of dihydropyridines is 1. The Hall–Kier alpha value is -1.49. The van der Waals surface area contributed by atoms with Crippen LogP contribution in [0.1, 0.15) is 33.1 Å². The van der Waals surface area contributed by atoms with Crippen molar-refractivity contribution < 1.29 is 0 Å². The zero-order chi connectivity index (χ0) is 12.7. The van der Waals surface area contributed by atoms with E-state index in [1.165, 1.54) is 12.8 Å². The van der Waals surface area contributed by atoms with E-state index in [9.17, 15) is 4.91 Å². The fourth-order valence-corrected chi connectivity index (χ4v) is 1.72. The van der Waals surface area contributed by atoms with Crippen molar-refractivity contribution in [2.24, 2.45) is 5.18 Å². The van der Waals surface area contributed by atoms with Gasteiger partial charge in [-0.2, -0.15) is 0 Å². The zero-order valence-electron chi connectivity index (χ0n) is 10.4. The molecule has 1 heterocycles. The summed E-state index contributed by atoms with van der Waals surface area (Å²) in [6.45, 7) is 4.93. The van der Waals surface area contributed by atoms with E-state index < -0.39 is 0 Å². The van der Waals surface area contributed by atoms with Crippen LogP contribution in [0.5, 0.6) is 0 Å². The average molecular weight is 236 g/mol. The molecule has 0 amide bonds. The fourth-order valence-electron chi connectivity index (χ4n) is 1.72. The number of amidine groups is 1. The molecule has 3 N–H and O–H groups in total. The molecule has 0 saturated heterocycles. The third-order valence-corrected chi connectivity index (χ3v) is 2.67. The van der Waals surface area contributed by atoms with E-state index in [0.717, 1.165) is 18.5 Å². The lowest BCUT2D eigenvalue weighted by atomic mass is 10.1. The Balaban J connectivity index is 2.56. The summed E-state index contributed by atoms with van der Waals surface area (Å²) >= 11 is 0. The van der Waals surface area contributed by atoms with Gasteiger partial charge in [0.1, 0.15) is 6.17 Å². The lowest BCUT2D eigenvalue weighted by Gasteiger charge is -2.24. The maximum atomic E-state index is 10.4. The van der Waals surface area contributed by atoms with Crippen molar-refractivity contribution in [3.8, 4) is 0 Å². The maximum Gasteiger partial charge on any atom is 0.195 e. The van der Waals surface area contributed by atoms with E-state index in [0.29, 0.717) is 5.57 Å². The van der Waals surface area contributed by atoms with Crippen molar-refractivity contribution in [2.45, 2.75) is 39.3 Å². The first-order valence-electron chi connectivity index (χ1n) is 5.99. The second kappa shape index (κ2) is 6.96. The summed E-state index contributed by atoms with van der Waals surface area (Å²) < 4.78 is 0. The molecule has 94 valence electrons. The molecular weight excluding hydrogens is 216 g/mol. The van der Waals surface area contributed by atoms with E-state index in [1.807, 2.05) is 19.2 Å². The minimum Gasteiger partial charge on any atom is -0.372 e. The number of hydrogen-bond acceptors (Lipinski definition) is 4. The maximum absolute atomic E-state index is 10.4. The quantitative estimate of drug-likeness (QED) is 0.286. The normalized spacial score (nSPS) is 19.1. The molecule has 0 fully saturated rings. The minimum atomic E-state index is -0.210. The SMILES string of the molecule is CCCCCNC1NC=C(C)C=C1C(=N)N=O. The molecule has 0 aromatic heterocycles. The molecule has 0 radical (unpaired) electrons. The van der Waals surface area contributed by atoms with Crippen LogP contribution in [0.25, 0.3) is 0 Å². The Bertz CT molecular complexity index is 346. The van der Waals surface area contributed by atoms with Gasteiger partial charge in [0.2, 0.25) is 0 Å². The molecular formula is C12H20N4O. The van der Waals surface area contributed by atoms with Crippen LogP contribution in [-0.2, 0) is 0 Å². The van der Waals surface area contributed by atoms with Gasteiger partial charge in [0, 0.05) is 11.8 Å². The van der Waals surface area contributed by atoms with Gasteiger partial charge in [0.15, 0.2) is 5.84 Å². The summed E-state index contributed by atoms with van der Waals surface area (Å²) in [7, 11) is 0. The van der Waals surface area contributed by atoms with Crippen LogP contribution < -0.4 is 10.6 Å². The highest BCUT2D eigenvalue weighted by atomic mass is 16.3. The van der Waals surface area contributed by atoms with Crippen LogP contribution in [0.2, 0.25) is 0 Å². The highest BCUT2D eigenvalue weighted by molar-refractivity contribution is 5.98. The first-order valence-corrected chi connectivity index (χ1v) is 5.99. The van der Waals surface area contributed by atoms with E-state index in [2.05, 4.69) is 22.7 Å². The van der Waals surface area contributed by atoms with Crippen molar-refractivity contribution in [3.05, 3.63) is 28.3 Å². The highest BCUT2D eigenvalue weighted by Gasteiger charge is 2.20. The second-order valence-corrected chi connectivity index (χ2v) is 4.19. The van der Waals surface area contributed by atoms with Crippen LogP contribution in [0.4, 0.5) is 0 Å². The number of unbranched alkanes of at least 4 members (excludes halogenated alkanes) is 2. The van der Waals surface area contributed by atoms with Crippen LogP contribution in [0.3, 0.4) is 0 Å². The molecule has 0 saturated carbocycles. The summed E-state index contributed by atoms with van der Waals surface area (Å²) in [5.74, 6) is -0.210. The van der Waals surface area contributed by atoms with Crippen LogP contribution in [0.15, 0.2) is 28.6 Å². The highest BCUT2D eigenvalue weighted by Crippen LogP contribution is 2.12. The molecule has 17 heavy (non-hydrogen) atoms. The van der Waals surface area contributed by atoms with Crippen molar-refractivity contribution in [2.75, 3.05) is 6.54 Å². The van der Waals surface area contributed by atoms with Crippen LogP contribution in [0, 0.1) is 10.3 Å². The Labute approximate surface area is 102 Å². The van der Waals surface area contributed by atoms with Crippen molar-refractivity contribution in [1.29, 1.82) is 5.41 Å². The van der Waals surface area contributed by atoms with E-state index >= 15 is 0 Å². The number of nitrogens with one attached hydrogen (secondary N) is 3. The molecule has 1 aliphatic heterocycles. The molecule has 5 heteroatoms. The number of allylic oxidation sites excluding steroid dienone is 2. The Morgan fingerprint density at radius 1 is 1.59 bits per heavy atom. The Morgan fingerprint density at radius 2 is 2.35 bits per heavy atom. The van der Waals surface area contributed by atoms with Crippen molar-refractivity contribution in [1.82, 2.24) is 10.6 Å². The monoisotopic (exact) mass is 236 g/mol. The van der Waals surface area contributed by atoms with Crippen LogP contribution >= 0.6 is 0 Å². The molecule has 5 nitrogen and oxygen atoms in total. The molecule has 0 aliphatic carbocycles. The van der Waals surface area contributed by atoms with Crippen LogP contribution in [-0.4, -0.2) is 18.5 Å². The summed E-state index contributed by atoms with van der Waals surface area (Å²) in [5.41, 5.74) is 1.59. The first kappa shape index (κ1) is 13.6. The zero-order valence-corrected chi connectivity index (χ0v) is 10.4. The Morgan fingerprint density at radius 3 is 3.00 bits per heavy atom. The lowest BCUT2D eigenvalue weighted by Crippen LogP contribution is -2.44. The van der Waals surface area contributed by atoms with E-state index in [4.69, 9.17) is 5.41 Å². The van der Waals surface area contributed by atoms with Gasteiger partial charge in [-0.1, -0.05) is 19.8 Å². The fraction of sp³-hybridized carbons (Fsp3) is 0.583. The van der Waals surface area contributed by atoms with Crippen molar-refractivity contribution in [3.63, 3.8) is 0 Å². The number of hydrogen-bond donors (Lipinski definition) is 3. The molecule has 1 rings (SSSR count). The van der Waals surface area contributed by atoms with Gasteiger partial charge in [0.05, 0.1) is 0 Å².